The summed E-state index contributed by atoms with van der Waals surface area (Å²) in [4.78, 5) is 24.3. The SMILES string of the molecule is O=c1[nH][n+](-c2cc([N+](=O)[O-])ccc2Sc2ccc(Br)cc2)no1. The van der Waals surface area contributed by atoms with E-state index in [2.05, 4.69) is 30.8 Å². The quantitative estimate of drug-likeness (QED) is 0.413. The van der Waals surface area contributed by atoms with Crippen molar-refractivity contribution in [1.82, 2.24) is 10.4 Å². The number of nitro benzene ring substituents is 1. The minimum Gasteiger partial charge on any atom is -0.258 e. The molecule has 0 aliphatic carbocycles. The van der Waals surface area contributed by atoms with Gasteiger partial charge in [0.05, 0.1) is 20.7 Å². The van der Waals surface area contributed by atoms with Crippen LogP contribution in [0, 0.1) is 10.1 Å². The summed E-state index contributed by atoms with van der Waals surface area (Å²) < 4.78 is 5.40. The Morgan fingerprint density at radius 3 is 2.61 bits per heavy atom. The van der Waals surface area contributed by atoms with Gasteiger partial charge >= 0.3 is 5.76 Å². The van der Waals surface area contributed by atoms with Crippen molar-refractivity contribution in [3.05, 3.63) is 67.6 Å². The standard InChI is InChI=1S/C13H7BrN4O4S/c14-8-1-4-10(5-2-8)23-12-6-3-9(18(20)21)7-11(12)17-15-13(19)22-16-17/h1-7H/p+1. The van der Waals surface area contributed by atoms with Gasteiger partial charge in [-0.2, -0.15) is 0 Å². The first kappa shape index (κ1) is 15.4. The number of aromatic nitrogens is 3. The predicted molar refractivity (Wildman–Crippen MR) is 83.6 cm³/mol. The number of rotatable bonds is 4. The number of nitro groups is 1. The third-order valence-corrected chi connectivity index (χ3v) is 4.43. The molecule has 116 valence electrons. The maximum Gasteiger partial charge on any atom is 0.493 e. The fourth-order valence-corrected chi connectivity index (χ4v) is 2.99. The molecule has 1 N–H and O–H groups in total. The number of nitrogens with zero attached hydrogens (tertiary/aromatic N) is 3. The van der Waals surface area contributed by atoms with E-state index in [4.69, 9.17) is 0 Å². The molecule has 1 heterocycles. The number of hydrogen-bond donors (Lipinski definition) is 1. The molecule has 0 saturated carbocycles. The topological polar surface area (TPSA) is 106 Å². The zero-order valence-electron chi connectivity index (χ0n) is 11.3. The van der Waals surface area contributed by atoms with Crippen LogP contribution in [-0.2, 0) is 0 Å². The summed E-state index contributed by atoms with van der Waals surface area (Å²) >= 11 is 4.74. The van der Waals surface area contributed by atoms with Crippen LogP contribution in [0.2, 0.25) is 0 Å². The van der Waals surface area contributed by atoms with Crippen LogP contribution in [0.1, 0.15) is 0 Å². The van der Waals surface area contributed by atoms with Crippen molar-refractivity contribution in [3.63, 3.8) is 0 Å². The van der Waals surface area contributed by atoms with E-state index in [1.807, 2.05) is 24.3 Å². The Kier molecular flexibility index (Phi) is 4.26. The number of nitrogens with one attached hydrogen (secondary N) is 1. The van der Waals surface area contributed by atoms with Crippen LogP contribution in [0.3, 0.4) is 0 Å². The van der Waals surface area contributed by atoms with E-state index < -0.39 is 10.7 Å². The second kappa shape index (κ2) is 6.34. The number of aromatic amines is 1. The van der Waals surface area contributed by atoms with E-state index in [-0.39, 0.29) is 5.69 Å². The Morgan fingerprint density at radius 2 is 2.00 bits per heavy atom. The summed E-state index contributed by atoms with van der Waals surface area (Å²) in [5.74, 6) is -0.754. The van der Waals surface area contributed by atoms with E-state index in [1.165, 1.54) is 23.9 Å². The van der Waals surface area contributed by atoms with Crippen LogP contribution in [0.15, 0.2) is 66.0 Å². The van der Waals surface area contributed by atoms with Gasteiger partial charge < -0.3 is 0 Å². The molecular formula is C13H8BrN4O4S+. The largest absolute Gasteiger partial charge is 0.493 e. The van der Waals surface area contributed by atoms with Crippen molar-refractivity contribution in [1.29, 1.82) is 0 Å². The third-order valence-electron chi connectivity index (χ3n) is 2.83. The van der Waals surface area contributed by atoms with Crippen molar-refractivity contribution in [3.8, 4) is 5.69 Å². The van der Waals surface area contributed by atoms with Crippen molar-refractivity contribution in [2.24, 2.45) is 0 Å². The van der Waals surface area contributed by atoms with Gasteiger partial charge in [0.2, 0.25) is 5.27 Å². The summed E-state index contributed by atoms with van der Waals surface area (Å²) in [5.41, 5.74) is 0.231. The Morgan fingerprint density at radius 1 is 1.26 bits per heavy atom. The van der Waals surface area contributed by atoms with Gasteiger partial charge in [-0.1, -0.05) is 32.8 Å². The highest BCUT2D eigenvalue weighted by atomic mass is 79.9. The normalized spacial score (nSPS) is 10.7. The summed E-state index contributed by atoms with van der Waals surface area (Å²) in [6.07, 6.45) is 0. The lowest BCUT2D eigenvalue weighted by Gasteiger charge is -2.02. The Balaban J connectivity index is 2.06. The van der Waals surface area contributed by atoms with Gasteiger partial charge in [0.25, 0.3) is 11.4 Å². The molecule has 1 aromatic heterocycles. The van der Waals surface area contributed by atoms with Crippen LogP contribution < -0.4 is 10.6 Å². The Bertz CT molecular complexity index is 922. The Labute approximate surface area is 141 Å². The summed E-state index contributed by atoms with van der Waals surface area (Å²) in [6, 6.07) is 11.9. The lowest BCUT2D eigenvalue weighted by Crippen LogP contribution is -2.38. The molecule has 0 bridgehead atoms. The first-order chi connectivity index (χ1) is 11.0. The average Bonchev–Trinajstić information content (AvgIpc) is 2.96. The van der Waals surface area contributed by atoms with Crippen LogP contribution in [0.5, 0.6) is 0 Å². The van der Waals surface area contributed by atoms with Gasteiger partial charge in [0.1, 0.15) is 0 Å². The lowest BCUT2D eigenvalue weighted by molar-refractivity contribution is -0.727. The molecule has 0 radical (unpaired) electrons. The molecule has 23 heavy (non-hydrogen) atoms. The number of hydrogen-bond acceptors (Lipinski definition) is 6. The van der Waals surface area contributed by atoms with Gasteiger partial charge in [0.15, 0.2) is 0 Å². The number of halogens is 1. The maximum atomic E-state index is 11.1. The van der Waals surface area contributed by atoms with Crippen molar-refractivity contribution >= 4 is 33.4 Å². The molecule has 0 fully saturated rings. The van der Waals surface area contributed by atoms with Crippen molar-refractivity contribution in [2.75, 3.05) is 0 Å². The molecule has 0 aliphatic heterocycles. The highest BCUT2D eigenvalue weighted by Crippen LogP contribution is 2.33. The molecule has 3 aromatic rings. The van der Waals surface area contributed by atoms with Gasteiger partial charge in [0, 0.05) is 15.4 Å². The molecule has 8 nitrogen and oxygen atoms in total. The zero-order valence-corrected chi connectivity index (χ0v) is 13.7. The van der Waals surface area contributed by atoms with Crippen LogP contribution in [-0.4, -0.2) is 15.3 Å². The van der Waals surface area contributed by atoms with Crippen molar-refractivity contribution < 1.29 is 14.2 Å². The molecule has 10 heteroatoms. The van der Waals surface area contributed by atoms with E-state index in [9.17, 15) is 14.9 Å². The monoisotopic (exact) mass is 395 g/mol. The zero-order chi connectivity index (χ0) is 16.4. The van der Waals surface area contributed by atoms with Crippen molar-refractivity contribution in [2.45, 2.75) is 9.79 Å². The molecule has 0 amide bonds. The first-order valence-electron chi connectivity index (χ1n) is 6.23. The predicted octanol–water partition coefficient (Wildman–Crippen LogP) is 2.46. The number of benzene rings is 2. The second-order valence-corrected chi connectivity index (χ2v) is 6.38. The lowest BCUT2D eigenvalue weighted by atomic mass is 10.3. The fourth-order valence-electron chi connectivity index (χ4n) is 1.81. The smallest absolute Gasteiger partial charge is 0.258 e. The summed E-state index contributed by atoms with van der Waals surface area (Å²) in [5, 5.41) is 16.8. The van der Waals surface area contributed by atoms with Crippen LogP contribution in [0.4, 0.5) is 5.69 Å². The van der Waals surface area contributed by atoms with E-state index >= 15 is 0 Å². The first-order valence-corrected chi connectivity index (χ1v) is 7.84. The molecule has 0 atom stereocenters. The molecule has 2 aromatic carbocycles. The van der Waals surface area contributed by atoms with Gasteiger partial charge in [-0.3, -0.25) is 10.1 Å². The molecule has 0 saturated heterocycles. The van der Waals surface area contributed by atoms with Gasteiger partial charge in [-0.05, 0) is 30.3 Å². The van der Waals surface area contributed by atoms with Gasteiger partial charge in [-0.25, -0.2) is 9.32 Å². The molecular weight excluding hydrogens is 388 g/mol. The second-order valence-electron chi connectivity index (χ2n) is 4.35. The molecule has 0 unspecified atom stereocenters. The molecule has 0 aliphatic rings. The summed E-state index contributed by atoms with van der Waals surface area (Å²) in [7, 11) is 0. The third kappa shape index (κ3) is 3.48. The minimum atomic E-state index is -0.754. The summed E-state index contributed by atoms with van der Waals surface area (Å²) in [6.45, 7) is 0. The highest BCUT2D eigenvalue weighted by molar-refractivity contribution is 9.10. The molecule has 0 spiro atoms. The fraction of sp³-hybridized carbons (Fsp3) is 0. The van der Waals surface area contributed by atoms with E-state index in [0.29, 0.717) is 10.6 Å². The number of non-ortho nitro benzene ring substituents is 1. The number of H-pyrrole nitrogens is 1. The highest BCUT2D eigenvalue weighted by Gasteiger charge is 2.23. The maximum absolute atomic E-state index is 11.1. The van der Waals surface area contributed by atoms with Crippen LogP contribution in [0.25, 0.3) is 5.69 Å². The van der Waals surface area contributed by atoms with Gasteiger partial charge in [-0.15, -0.1) is 0 Å². The van der Waals surface area contributed by atoms with Crippen LogP contribution >= 0.6 is 27.7 Å². The molecule has 3 rings (SSSR count). The van der Waals surface area contributed by atoms with E-state index in [1.54, 1.807) is 6.07 Å². The minimum absolute atomic E-state index is 0.114. The average molecular weight is 396 g/mol. The van der Waals surface area contributed by atoms with E-state index in [0.717, 1.165) is 14.2 Å². The Hall–Kier alpha value is -2.46.